The highest BCUT2D eigenvalue weighted by Gasteiger charge is 2.18. The molecule has 2 N–H and O–H groups in total. The summed E-state index contributed by atoms with van der Waals surface area (Å²) in [6, 6.07) is 11.8. The molecule has 0 saturated carbocycles. The molecule has 1 aliphatic heterocycles. The molecule has 26 heavy (non-hydrogen) atoms. The van der Waals surface area contributed by atoms with Crippen LogP contribution in [0.4, 0.5) is 11.4 Å². The van der Waals surface area contributed by atoms with Crippen LogP contribution >= 0.6 is 0 Å². The zero-order chi connectivity index (χ0) is 18.5. The third-order valence-corrected chi connectivity index (χ3v) is 4.56. The number of benzene rings is 2. The smallest absolute Gasteiger partial charge is 0.337 e. The first kappa shape index (κ1) is 17.8. The van der Waals surface area contributed by atoms with Gasteiger partial charge in [0, 0.05) is 24.3 Å². The summed E-state index contributed by atoms with van der Waals surface area (Å²) >= 11 is 0. The van der Waals surface area contributed by atoms with Crippen LogP contribution in [0.3, 0.4) is 0 Å². The molecule has 1 heterocycles. The van der Waals surface area contributed by atoms with E-state index in [1.807, 2.05) is 6.07 Å². The van der Waals surface area contributed by atoms with Crippen LogP contribution < -0.4 is 15.0 Å². The van der Waals surface area contributed by atoms with Crippen LogP contribution in [0.25, 0.3) is 0 Å². The molecule has 0 aliphatic carbocycles. The van der Waals surface area contributed by atoms with E-state index in [4.69, 9.17) is 4.74 Å². The first-order chi connectivity index (χ1) is 12.6. The average Bonchev–Trinajstić information content (AvgIpc) is 2.68. The van der Waals surface area contributed by atoms with Crippen molar-refractivity contribution in [3.63, 3.8) is 0 Å². The molecule has 2 aromatic rings. The fraction of sp³-hybridized carbons (Fsp3) is 0.300. The number of ether oxygens (including phenoxy) is 1. The molecule has 136 valence electrons. The van der Waals surface area contributed by atoms with Crippen molar-refractivity contribution in [2.24, 2.45) is 0 Å². The summed E-state index contributed by atoms with van der Waals surface area (Å²) in [5, 5.41) is 12.3. The van der Waals surface area contributed by atoms with Crippen molar-refractivity contribution in [1.29, 1.82) is 0 Å². The Labute approximate surface area is 152 Å². The lowest BCUT2D eigenvalue weighted by Crippen LogP contribution is -2.29. The van der Waals surface area contributed by atoms with Crippen LogP contribution in [0, 0.1) is 0 Å². The predicted octanol–water partition coefficient (Wildman–Crippen LogP) is 3.64. The highest BCUT2D eigenvalue weighted by atomic mass is 16.5. The number of nitrogens with one attached hydrogen (secondary N) is 1. The van der Waals surface area contributed by atoms with Gasteiger partial charge in [0.1, 0.15) is 5.75 Å². The maximum atomic E-state index is 12.4. The standard InChI is InChI=1S/C20H22N2O4/c1-26-16-8-5-14(6-9-16)19(23)21-18-10-7-15(13-17(18)20(24)25)22-11-3-2-4-12-22/h5-10,13H,2-4,11-12H2,1H3,(H,21,23)(H,24,25). The minimum absolute atomic E-state index is 0.0925. The molecule has 0 radical (unpaired) electrons. The number of methoxy groups -OCH3 is 1. The molecule has 2 aromatic carbocycles. The van der Waals surface area contributed by atoms with E-state index in [9.17, 15) is 14.7 Å². The molecule has 1 saturated heterocycles. The number of anilines is 2. The third-order valence-electron chi connectivity index (χ3n) is 4.56. The van der Waals surface area contributed by atoms with Crippen molar-refractivity contribution in [1.82, 2.24) is 0 Å². The Balaban J connectivity index is 1.81. The number of rotatable bonds is 5. The van der Waals surface area contributed by atoms with Gasteiger partial charge in [-0.1, -0.05) is 0 Å². The van der Waals surface area contributed by atoms with Crippen molar-refractivity contribution < 1.29 is 19.4 Å². The van der Waals surface area contributed by atoms with Crippen LogP contribution in [-0.4, -0.2) is 37.2 Å². The van der Waals surface area contributed by atoms with Gasteiger partial charge < -0.3 is 20.1 Å². The molecular formula is C20H22N2O4. The first-order valence-electron chi connectivity index (χ1n) is 8.66. The van der Waals surface area contributed by atoms with Gasteiger partial charge in [0.25, 0.3) is 5.91 Å². The van der Waals surface area contributed by atoms with Gasteiger partial charge in [0.15, 0.2) is 0 Å². The molecule has 6 heteroatoms. The average molecular weight is 354 g/mol. The number of nitrogens with zero attached hydrogens (tertiary/aromatic N) is 1. The lowest BCUT2D eigenvalue weighted by atomic mass is 10.1. The second kappa shape index (κ2) is 7.91. The van der Waals surface area contributed by atoms with Crippen molar-refractivity contribution in [3.8, 4) is 5.75 Å². The fourth-order valence-corrected chi connectivity index (χ4v) is 3.10. The molecule has 6 nitrogen and oxygen atoms in total. The van der Waals surface area contributed by atoms with E-state index >= 15 is 0 Å². The summed E-state index contributed by atoms with van der Waals surface area (Å²) in [5.74, 6) is -0.770. The monoisotopic (exact) mass is 354 g/mol. The van der Waals surface area contributed by atoms with E-state index < -0.39 is 5.97 Å². The number of piperidine rings is 1. The predicted molar refractivity (Wildman–Crippen MR) is 100 cm³/mol. The van der Waals surface area contributed by atoms with E-state index in [2.05, 4.69) is 10.2 Å². The summed E-state index contributed by atoms with van der Waals surface area (Å²) in [7, 11) is 1.55. The lowest BCUT2D eigenvalue weighted by molar-refractivity contribution is 0.0698. The highest BCUT2D eigenvalue weighted by Crippen LogP contribution is 2.26. The van der Waals surface area contributed by atoms with Gasteiger partial charge >= 0.3 is 5.97 Å². The van der Waals surface area contributed by atoms with E-state index in [0.29, 0.717) is 17.0 Å². The van der Waals surface area contributed by atoms with Gasteiger partial charge in [-0.2, -0.15) is 0 Å². The number of carboxylic acid groups (broad SMARTS) is 1. The Hall–Kier alpha value is -3.02. The van der Waals surface area contributed by atoms with Crippen molar-refractivity contribution in [2.45, 2.75) is 19.3 Å². The molecule has 1 aliphatic rings. The van der Waals surface area contributed by atoms with Crippen molar-refractivity contribution in [2.75, 3.05) is 30.4 Å². The molecule has 3 rings (SSSR count). The highest BCUT2D eigenvalue weighted by molar-refractivity contribution is 6.08. The largest absolute Gasteiger partial charge is 0.497 e. The summed E-state index contributed by atoms with van der Waals surface area (Å²) in [5.41, 5.74) is 1.70. The summed E-state index contributed by atoms with van der Waals surface area (Å²) < 4.78 is 5.07. The lowest BCUT2D eigenvalue weighted by Gasteiger charge is -2.29. The van der Waals surface area contributed by atoms with E-state index in [1.54, 1.807) is 43.5 Å². The number of amides is 1. The van der Waals surface area contributed by atoms with Crippen molar-refractivity contribution in [3.05, 3.63) is 53.6 Å². The minimum Gasteiger partial charge on any atom is -0.497 e. The molecule has 0 spiro atoms. The van der Waals surface area contributed by atoms with Gasteiger partial charge in [-0.05, 0) is 61.7 Å². The van der Waals surface area contributed by atoms with Gasteiger partial charge in [-0.25, -0.2) is 4.79 Å². The summed E-state index contributed by atoms with van der Waals surface area (Å²) in [6.07, 6.45) is 3.43. The SMILES string of the molecule is COc1ccc(C(=O)Nc2ccc(N3CCCCC3)cc2C(=O)O)cc1. The maximum Gasteiger partial charge on any atom is 0.337 e. The molecule has 0 bridgehead atoms. The fourth-order valence-electron chi connectivity index (χ4n) is 3.10. The number of hydrogen-bond donors (Lipinski definition) is 2. The molecule has 0 unspecified atom stereocenters. The van der Waals surface area contributed by atoms with Crippen molar-refractivity contribution >= 4 is 23.3 Å². The Kier molecular flexibility index (Phi) is 5.41. The van der Waals surface area contributed by atoms with Gasteiger partial charge in [0.05, 0.1) is 18.4 Å². The second-order valence-corrected chi connectivity index (χ2v) is 6.27. The van der Waals surface area contributed by atoms with E-state index in [-0.39, 0.29) is 11.5 Å². The Morgan fingerprint density at radius 3 is 2.35 bits per heavy atom. The van der Waals surface area contributed by atoms with Gasteiger partial charge in [-0.3, -0.25) is 4.79 Å². The zero-order valence-electron chi connectivity index (χ0n) is 14.7. The Morgan fingerprint density at radius 1 is 1.04 bits per heavy atom. The molecule has 1 fully saturated rings. The van der Waals surface area contributed by atoms with E-state index in [1.165, 1.54) is 6.42 Å². The first-order valence-corrected chi connectivity index (χ1v) is 8.66. The molecule has 1 amide bonds. The van der Waals surface area contributed by atoms with Crippen LogP contribution in [0.2, 0.25) is 0 Å². The van der Waals surface area contributed by atoms with Crippen LogP contribution in [0.5, 0.6) is 5.75 Å². The van der Waals surface area contributed by atoms with Gasteiger partial charge in [0.2, 0.25) is 0 Å². The quantitative estimate of drug-likeness (QED) is 0.857. The maximum absolute atomic E-state index is 12.4. The van der Waals surface area contributed by atoms with Crippen LogP contribution in [0.1, 0.15) is 40.0 Å². The Morgan fingerprint density at radius 2 is 1.73 bits per heavy atom. The number of carbonyl (C=O) groups is 2. The number of aromatic carboxylic acids is 1. The zero-order valence-corrected chi connectivity index (χ0v) is 14.7. The minimum atomic E-state index is -1.06. The van der Waals surface area contributed by atoms with E-state index in [0.717, 1.165) is 31.6 Å². The Bertz CT molecular complexity index is 796. The van der Waals surface area contributed by atoms with Crippen LogP contribution in [0.15, 0.2) is 42.5 Å². The number of carbonyl (C=O) groups excluding carboxylic acids is 1. The molecule has 0 aromatic heterocycles. The topological polar surface area (TPSA) is 78.9 Å². The van der Waals surface area contributed by atoms with Crippen LogP contribution in [-0.2, 0) is 0 Å². The summed E-state index contributed by atoms with van der Waals surface area (Å²) in [4.78, 5) is 26.3. The molecular weight excluding hydrogens is 332 g/mol. The van der Waals surface area contributed by atoms with Gasteiger partial charge in [-0.15, -0.1) is 0 Å². The third kappa shape index (κ3) is 3.96. The second-order valence-electron chi connectivity index (χ2n) is 6.27. The number of carboxylic acids is 1. The molecule has 0 atom stereocenters. The normalized spacial score (nSPS) is 14.0. The summed E-state index contributed by atoms with van der Waals surface area (Å²) in [6.45, 7) is 1.85. The number of hydrogen-bond acceptors (Lipinski definition) is 4.